The van der Waals surface area contributed by atoms with Crippen LogP contribution in [0.2, 0.25) is 10.0 Å². The van der Waals surface area contributed by atoms with Crippen molar-refractivity contribution in [3.63, 3.8) is 0 Å². The van der Waals surface area contributed by atoms with Crippen molar-refractivity contribution in [1.29, 1.82) is 0 Å². The smallest absolute Gasteiger partial charge is 0.267 e. The molecule has 1 heterocycles. The number of amides is 1. The molecule has 1 aromatic carbocycles. The van der Waals surface area contributed by atoms with Crippen LogP contribution in [0.4, 0.5) is 5.69 Å². The summed E-state index contributed by atoms with van der Waals surface area (Å²) in [6, 6.07) is 8.81. The lowest BCUT2D eigenvalue weighted by atomic mass is 10.1. The Morgan fingerprint density at radius 3 is 2.75 bits per heavy atom. The summed E-state index contributed by atoms with van der Waals surface area (Å²) >= 11 is 11.9. The molecule has 0 unspecified atom stereocenters. The standard InChI is InChI=1S/C14H13Cl2N3O/c15-10-2-1-9(12(16)7-10)3-5-18-11-4-6-19-13(8-11)14(17)20/h1-2,4,6-8H,3,5H2,(H2,17,20)(H,18,19). The fraction of sp³-hybridized carbons (Fsp3) is 0.143. The molecule has 2 aromatic rings. The van der Waals surface area contributed by atoms with E-state index in [1.807, 2.05) is 6.07 Å². The van der Waals surface area contributed by atoms with Crippen LogP contribution in [0.25, 0.3) is 0 Å². The number of carbonyl (C=O) groups is 1. The summed E-state index contributed by atoms with van der Waals surface area (Å²) in [5.74, 6) is -0.547. The monoisotopic (exact) mass is 309 g/mol. The van der Waals surface area contributed by atoms with Crippen molar-refractivity contribution >= 4 is 34.8 Å². The average molecular weight is 310 g/mol. The molecular weight excluding hydrogens is 297 g/mol. The highest BCUT2D eigenvalue weighted by atomic mass is 35.5. The van der Waals surface area contributed by atoms with Gasteiger partial charge in [-0.3, -0.25) is 9.78 Å². The molecule has 0 aliphatic heterocycles. The minimum atomic E-state index is -0.547. The first-order valence-corrected chi connectivity index (χ1v) is 6.75. The summed E-state index contributed by atoms with van der Waals surface area (Å²) in [4.78, 5) is 14.9. The third-order valence-corrected chi connectivity index (χ3v) is 3.34. The molecule has 3 N–H and O–H groups in total. The van der Waals surface area contributed by atoms with E-state index in [1.54, 1.807) is 24.3 Å². The predicted molar refractivity (Wildman–Crippen MR) is 81.4 cm³/mol. The van der Waals surface area contributed by atoms with Crippen LogP contribution in [0.3, 0.4) is 0 Å². The van der Waals surface area contributed by atoms with E-state index in [1.165, 1.54) is 6.20 Å². The zero-order chi connectivity index (χ0) is 14.5. The number of halogens is 2. The Morgan fingerprint density at radius 2 is 2.05 bits per heavy atom. The van der Waals surface area contributed by atoms with E-state index >= 15 is 0 Å². The molecular formula is C14H13Cl2N3O. The first kappa shape index (κ1) is 14.6. The van der Waals surface area contributed by atoms with Gasteiger partial charge in [-0.2, -0.15) is 0 Å². The molecule has 20 heavy (non-hydrogen) atoms. The van der Waals surface area contributed by atoms with E-state index in [0.29, 0.717) is 16.6 Å². The van der Waals surface area contributed by atoms with Gasteiger partial charge < -0.3 is 11.1 Å². The van der Waals surface area contributed by atoms with Crippen molar-refractivity contribution in [2.24, 2.45) is 5.73 Å². The number of pyridine rings is 1. The lowest BCUT2D eigenvalue weighted by molar-refractivity contribution is 0.0995. The van der Waals surface area contributed by atoms with E-state index in [4.69, 9.17) is 28.9 Å². The number of aromatic nitrogens is 1. The van der Waals surface area contributed by atoms with Crippen molar-refractivity contribution < 1.29 is 4.79 Å². The Hall–Kier alpha value is -1.78. The molecule has 0 fully saturated rings. The van der Waals surface area contributed by atoms with Crippen molar-refractivity contribution in [3.05, 3.63) is 57.8 Å². The van der Waals surface area contributed by atoms with Gasteiger partial charge in [-0.15, -0.1) is 0 Å². The second-order valence-electron chi connectivity index (χ2n) is 4.21. The third kappa shape index (κ3) is 3.85. The minimum absolute atomic E-state index is 0.236. The lowest BCUT2D eigenvalue weighted by Gasteiger charge is -2.08. The van der Waals surface area contributed by atoms with Crippen LogP contribution in [0.15, 0.2) is 36.5 Å². The quantitative estimate of drug-likeness (QED) is 0.891. The van der Waals surface area contributed by atoms with E-state index in [-0.39, 0.29) is 5.69 Å². The number of benzene rings is 1. The molecule has 4 nitrogen and oxygen atoms in total. The molecule has 0 aliphatic rings. The maximum Gasteiger partial charge on any atom is 0.267 e. The summed E-state index contributed by atoms with van der Waals surface area (Å²) in [5.41, 5.74) is 7.21. The summed E-state index contributed by atoms with van der Waals surface area (Å²) in [5, 5.41) is 4.45. The minimum Gasteiger partial charge on any atom is -0.385 e. The number of hydrogen-bond donors (Lipinski definition) is 2. The molecule has 6 heteroatoms. The van der Waals surface area contributed by atoms with E-state index in [9.17, 15) is 4.79 Å². The zero-order valence-corrected chi connectivity index (χ0v) is 12.1. The molecule has 0 aliphatic carbocycles. The SMILES string of the molecule is NC(=O)c1cc(NCCc2ccc(Cl)cc2Cl)ccn1. The summed E-state index contributed by atoms with van der Waals surface area (Å²) < 4.78 is 0. The number of rotatable bonds is 5. The van der Waals surface area contributed by atoms with Gasteiger partial charge in [-0.05, 0) is 36.2 Å². The van der Waals surface area contributed by atoms with Gasteiger partial charge in [0.15, 0.2) is 0 Å². The molecule has 0 radical (unpaired) electrons. The average Bonchev–Trinajstić information content (AvgIpc) is 2.41. The van der Waals surface area contributed by atoms with Crippen molar-refractivity contribution in [2.75, 3.05) is 11.9 Å². The Morgan fingerprint density at radius 1 is 1.25 bits per heavy atom. The highest BCUT2D eigenvalue weighted by Gasteiger charge is 2.04. The van der Waals surface area contributed by atoms with Gasteiger partial charge in [-0.25, -0.2) is 0 Å². The van der Waals surface area contributed by atoms with Gasteiger partial charge >= 0.3 is 0 Å². The van der Waals surface area contributed by atoms with Crippen LogP contribution in [-0.4, -0.2) is 17.4 Å². The number of hydrogen-bond acceptors (Lipinski definition) is 3. The summed E-state index contributed by atoms with van der Waals surface area (Å²) in [7, 11) is 0. The summed E-state index contributed by atoms with van der Waals surface area (Å²) in [6.45, 7) is 0.670. The largest absolute Gasteiger partial charge is 0.385 e. The van der Waals surface area contributed by atoms with Crippen LogP contribution in [0.5, 0.6) is 0 Å². The summed E-state index contributed by atoms with van der Waals surface area (Å²) in [6.07, 6.45) is 2.28. The first-order chi connectivity index (χ1) is 9.56. The van der Waals surface area contributed by atoms with Gasteiger partial charge in [0.25, 0.3) is 5.91 Å². The van der Waals surface area contributed by atoms with Gasteiger partial charge in [0.05, 0.1) is 0 Å². The number of nitrogens with two attached hydrogens (primary N) is 1. The van der Waals surface area contributed by atoms with Crippen LogP contribution in [0, 0.1) is 0 Å². The van der Waals surface area contributed by atoms with Gasteiger partial charge in [-0.1, -0.05) is 29.3 Å². The number of nitrogens with zero attached hydrogens (tertiary/aromatic N) is 1. The van der Waals surface area contributed by atoms with Crippen LogP contribution in [0.1, 0.15) is 16.1 Å². The maximum absolute atomic E-state index is 11.0. The molecule has 0 atom stereocenters. The molecule has 0 bridgehead atoms. The fourth-order valence-electron chi connectivity index (χ4n) is 1.74. The van der Waals surface area contributed by atoms with Crippen molar-refractivity contribution in [3.8, 4) is 0 Å². The van der Waals surface area contributed by atoms with Crippen LogP contribution >= 0.6 is 23.2 Å². The predicted octanol–water partition coefficient (Wildman–Crippen LogP) is 3.14. The molecule has 1 aromatic heterocycles. The van der Waals surface area contributed by atoms with Gasteiger partial charge in [0.1, 0.15) is 5.69 Å². The molecule has 0 saturated carbocycles. The van der Waals surface area contributed by atoms with Crippen LogP contribution < -0.4 is 11.1 Å². The van der Waals surface area contributed by atoms with E-state index in [0.717, 1.165) is 17.7 Å². The lowest BCUT2D eigenvalue weighted by Crippen LogP contribution is -2.13. The molecule has 2 rings (SSSR count). The Kier molecular flexibility index (Phi) is 4.82. The van der Waals surface area contributed by atoms with Crippen LogP contribution in [-0.2, 0) is 6.42 Å². The third-order valence-electron chi connectivity index (χ3n) is 2.75. The molecule has 0 spiro atoms. The molecule has 1 amide bonds. The Bertz CT molecular complexity index is 632. The number of carbonyl (C=O) groups excluding carboxylic acids is 1. The van der Waals surface area contributed by atoms with Crippen molar-refractivity contribution in [2.45, 2.75) is 6.42 Å². The second-order valence-corrected chi connectivity index (χ2v) is 5.05. The fourth-order valence-corrected chi connectivity index (χ4v) is 2.24. The van der Waals surface area contributed by atoms with E-state index in [2.05, 4.69) is 10.3 Å². The second kappa shape index (κ2) is 6.59. The number of anilines is 1. The topological polar surface area (TPSA) is 68.0 Å². The first-order valence-electron chi connectivity index (χ1n) is 6.00. The molecule has 104 valence electrons. The highest BCUT2D eigenvalue weighted by molar-refractivity contribution is 6.35. The van der Waals surface area contributed by atoms with Crippen molar-refractivity contribution in [1.82, 2.24) is 4.98 Å². The molecule has 0 saturated heterocycles. The normalized spacial score (nSPS) is 10.3. The number of primary amides is 1. The van der Waals surface area contributed by atoms with Gasteiger partial charge in [0.2, 0.25) is 0 Å². The zero-order valence-electron chi connectivity index (χ0n) is 10.6. The highest BCUT2D eigenvalue weighted by Crippen LogP contribution is 2.21. The number of nitrogens with one attached hydrogen (secondary N) is 1. The van der Waals surface area contributed by atoms with E-state index < -0.39 is 5.91 Å². The Balaban J connectivity index is 1.96. The van der Waals surface area contributed by atoms with Gasteiger partial charge in [0, 0.05) is 28.5 Å². The Labute approximate surface area is 126 Å². The maximum atomic E-state index is 11.0.